The van der Waals surface area contributed by atoms with Crippen LogP contribution >= 0.6 is 0 Å². The van der Waals surface area contributed by atoms with Crippen LogP contribution in [-0.2, 0) is 11.3 Å². The van der Waals surface area contributed by atoms with Crippen molar-refractivity contribution in [3.63, 3.8) is 0 Å². The molecule has 0 aliphatic carbocycles. The summed E-state index contributed by atoms with van der Waals surface area (Å²) in [6.45, 7) is 5.27. The van der Waals surface area contributed by atoms with Crippen LogP contribution in [0, 0.1) is 6.92 Å². The summed E-state index contributed by atoms with van der Waals surface area (Å²) in [5.41, 5.74) is 7.78. The number of likely N-dealkylation sites (N-methyl/N-ethyl adjacent to an activating group) is 1. The maximum absolute atomic E-state index is 5.71. The second-order valence-corrected chi connectivity index (χ2v) is 4.05. The van der Waals surface area contributed by atoms with Gasteiger partial charge in [-0.15, -0.1) is 0 Å². The predicted octanol–water partition coefficient (Wildman–Crippen LogP) is 1.32. The van der Waals surface area contributed by atoms with Crippen LogP contribution in [0.5, 0.6) is 0 Å². The van der Waals surface area contributed by atoms with Gasteiger partial charge in [-0.2, -0.15) is 0 Å². The van der Waals surface area contributed by atoms with E-state index >= 15 is 0 Å². The van der Waals surface area contributed by atoms with Gasteiger partial charge < -0.3 is 15.4 Å². The molecule has 1 atom stereocenters. The molecular weight excluding hydrogens is 202 g/mol. The number of ether oxygens (including phenoxy) is 1. The smallest absolute Gasteiger partial charge is 0.133 e. The summed E-state index contributed by atoms with van der Waals surface area (Å²) in [5.74, 6) is 0.951. The Hall–Kier alpha value is -1.13. The van der Waals surface area contributed by atoms with E-state index in [1.54, 1.807) is 7.11 Å². The van der Waals surface area contributed by atoms with Crippen molar-refractivity contribution in [1.29, 1.82) is 0 Å². The Balaban J connectivity index is 2.96. The summed E-state index contributed by atoms with van der Waals surface area (Å²) in [7, 11) is 3.72. The fraction of sp³-hybridized carbons (Fsp3) is 0.583. The number of methoxy groups -OCH3 is 1. The van der Waals surface area contributed by atoms with Gasteiger partial charge in [0.05, 0.1) is 12.6 Å². The topological polar surface area (TPSA) is 51.4 Å². The van der Waals surface area contributed by atoms with Crippen LogP contribution in [0.4, 0.5) is 5.82 Å². The van der Waals surface area contributed by atoms with Crippen molar-refractivity contribution in [3.05, 3.63) is 23.4 Å². The number of anilines is 1. The van der Waals surface area contributed by atoms with Gasteiger partial charge in [-0.05, 0) is 19.9 Å². The highest BCUT2D eigenvalue weighted by Gasteiger charge is 2.14. The SMILES string of the molecule is COCC(C)N(C)c1nc(C)ccc1CN. The Kier molecular flexibility index (Phi) is 4.71. The highest BCUT2D eigenvalue weighted by atomic mass is 16.5. The molecule has 1 aromatic heterocycles. The minimum atomic E-state index is 0.282. The van der Waals surface area contributed by atoms with E-state index in [0.717, 1.165) is 17.1 Å². The second-order valence-electron chi connectivity index (χ2n) is 4.05. The van der Waals surface area contributed by atoms with E-state index in [1.807, 2.05) is 26.1 Å². The van der Waals surface area contributed by atoms with E-state index < -0.39 is 0 Å². The number of aryl methyl sites for hydroxylation is 1. The zero-order valence-electron chi connectivity index (χ0n) is 10.5. The first-order valence-electron chi connectivity index (χ1n) is 5.48. The van der Waals surface area contributed by atoms with Gasteiger partial charge in [0.25, 0.3) is 0 Å². The molecule has 0 aromatic carbocycles. The molecule has 1 rings (SSSR count). The Morgan fingerprint density at radius 2 is 2.19 bits per heavy atom. The van der Waals surface area contributed by atoms with Crippen molar-refractivity contribution < 1.29 is 4.74 Å². The molecule has 0 saturated heterocycles. The molecule has 0 saturated carbocycles. The Morgan fingerprint density at radius 3 is 2.75 bits per heavy atom. The van der Waals surface area contributed by atoms with Gasteiger partial charge in [0.1, 0.15) is 5.82 Å². The van der Waals surface area contributed by atoms with Gasteiger partial charge in [0.2, 0.25) is 0 Å². The van der Waals surface area contributed by atoms with Gasteiger partial charge in [-0.3, -0.25) is 0 Å². The van der Waals surface area contributed by atoms with Crippen LogP contribution in [0.2, 0.25) is 0 Å². The Bertz CT molecular complexity index is 341. The number of nitrogens with two attached hydrogens (primary N) is 1. The summed E-state index contributed by atoms with van der Waals surface area (Å²) in [6, 6.07) is 4.30. The number of aromatic nitrogens is 1. The quantitative estimate of drug-likeness (QED) is 0.818. The maximum atomic E-state index is 5.71. The first-order chi connectivity index (χ1) is 7.60. The Labute approximate surface area is 97.4 Å². The lowest BCUT2D eigenvalue weighted by atomic mass is 10.2. The zero-order valence-corrected chi connectivity index (χ0v) is 10.5. The van der Waals surface area contributed by atoms with Crippen molar-refractivity contribution in [3.8, 4) is 0 Å². The fourth-order valence-corrected chi connectivity index (χ4v) is 1.60. The molecule has 1 aromatic rings. The number of pyridine rings is 1. The van der Waals surface area contributed by atoms with Crippen molar-refractivity contribution in [1.82, 2.24) is 4.98 Å². The molecule has 0 aliphatic heterocycles. The lowest BCUT2D eigenvalue weighted by molar-refractivity contribution is 0.183. The van der Waals surface area contributed by atoms with Crippen LogP contribution in [0.3, 0.4) is 0 Å². The van der Waals surface area contributed by atoms with E-state index in [-0.39, 0.29) is 6.04 Å². The van der Waals surface area contributed by atoms with Crippen LogP contribution in [0.15, 0.2) is 12.1 Å². The first-order valence-corrected chi connectivity index (χ1v) is 5.48. The minimum absolute atomic E-state index is 0.282. The molecule has 0 aliphatic rings. The van der Waals surface area contributed by atoms with Crippen molar-refractivity contribution >= 4 is 5.82 Å². The molecule has 0 spiro atoms. The number of hydrogen-bond donors (Lipinski definition) is 1. The van der Waals surface area contributed by atoms with E-state index in [2.05, 4.69) is 16.8 Å². The third-order valence-electron chi connectivity index (χ3n) is 2.72. The van der Waals surface area contributed by atoms with Crippen LogP contribution in [0.25, 0.3) is 0 Å². The van der Waals surface area contributed by atoms with Crippen LogP contribution < -0.4 is 10.6 Å². The summed E-state index contributed by atoms with van der Waals surface area (Å²) >= 11 is 0. The molecule has 4 nitrogen and oxygen atoms in total. The highest BCUT2D eigenvalue weighted by Crippen LogP contribution is 2.18. The van der Waals surface area contributed by atoms with Gasteiger partial charge >= 0.3 is 0 Å². The van der Waals surface area contributed by atoms with Crippen LogP contribution in [-0.4, -0.2) is 31.8 Å². The van der Waals surface area contributed by atoms with Crippen molar-refractivity contribution in [2.45, 2.75) is 26.4 Å². The molecule has 2 N–H and O–H groups in total. The van der Waals surface area contributed by atoms with Gasteiger partial charge in [0.15, 0.2) is 0 Å². The van der Waals surface area contributed by atoms with Crippen molar-refractivity contribution in [2.24, 2.45) is 5.73 Å². The Morgan fingerprint density at radius 1 is 1.50 bits per heavy atom. The summed E-state index contributed by atoms with van der Waals surface area (Å²) in [6.07, 6.45) is 0. The molecule has 4 heteroatoms. The van der Waals surface area contributed by atoms with E-state index in [1.165, 1.54) is 0 Å². The summed E-state index contributed by atoms with van der Waals surface area (Å²) in [5, 5.41) is 0. The van der Waals surface area contributed by atoms with E-state index in [9.17, 15) is 0 Å². The number of nitrogens with zero attached hydrogens (tertiary/aromatic N) is 2. The standard InChI is InChI=1S/C12H21N3O/c1-9-5-6-11(7-13)12(14-9)15(3)10(2)8-16-4/h5-6,10H,7-8,13H2,1-4H3. The number of hydrogen-bond acceptors (Lipinski definition) is 4. The monoisotopic (exact) mass is 223 g/mol. The average molecular weight is 223 g/mol. The molecule has 0 bridgehead atoms. The lowest BCUT2D eigenvalue weighted by Gasteiger charge is -2.27. The molecular formula is C12H21N3O. The van der Waals surface area contributed by atoms with E-state index in [4.69, 9.17) is 10.5 Å². The summed E-state index contributed by atoms with van der Waals surface area (Å²) < 4.78 is 5.15. The normalized spacial score (nSPS) is 12.6. The third kappa shape index (κ3) is 2.93. The minimum Gasteiger partial charge on any atom is -0.383 e. The second kappa shape index (κ2) is 5.82. The van der Waals surface area contributed by atoms with Crippen LogP contribution in [0.1, 0.15) is 18.2 Å². The summed E-state index contributed by atoms with van der Waals surface area (Å²) in [4.78, 5) is 6.65. The van der Waals surface area contributed by atoms with Gasteiger partial charge in [-0.25, -0.2) is 4.98 Å². The molecule has 0 fully saturated rings. The molecule has 1 unspecified atom stereocenters. The zero-order chi connectivity index (χ0) is 12.1. The highest BCUT2D eigenvalue weighted by molar-refractivity contribution is 5.47. The number of rotatable bonds is 5. The largest absolute Gasteiger partial charge is 0.383 e. The van der Waals surface area contributed by atoms with Gasteiger partial charge in [-0.1, -0.05) is 6.07 Å². The molecule has 0 radical (unpaired) electrons. The first kappa shape index (κ1) is 12.9. The predicted molar refractivity (Wildman–Crippen MR) is 66.6 cm³/mol. The average Bonchev–Trinajstić information content (AvgIpc) is 2.28. The molecule has 1 heterocycles. The van der Waals surface area contributed by atoms with Gasteiger partial charge in [0, 0.05) is 32.0 Å². The van der Waals surface area contributed by atoms with Crippen molar-refractivity contribution in [2.75, 3.05) is 25.7 Å². The lowest BCUT2D eigenvalue weighted by Crippen LogP contribution is -2.34. The molecule has 16 heavy (non-hydrogen) atoms. The molecule has 0 amide bonds. The van der Waals surface area contributed by atoms with E-state index in [0.29, 0.717) is 13.2 Å². The maximum Gasteiger partial charge on any atom is 0.133 e. The molecule has 90 valence electrons. The third-order valence-corrected chi connectivity index (χ3v) is 2.72. The fourth-order valence-electron chi connectivity index (χ4n) is 1.60.